The number of aromatic nitrogens is 2. The summed E-state index contributed by atoms with van der Waals surface area (Å²) in [6, 6.07) is 19.9. The number of allylic oxidation sites excluding steroid dienone is 1. The number of hydrogen-bond acceptors (Lipinski definition) is 5. The van der Waals surface area contributed by atoms with E-state index >= 15 is 0 Å². The second-order valence-electron chi connectivity index (χ2n) is 7.65. The average Bonchev–Trinajstić information content (AvgIpc) is 3.21. The lowest BCUT2D eigenvalue weighted by Crippen LogP contribution is -2.27. The van der Waals surface area contributed by atoms with Crippen LogP contribution in [-0.4, -0.2) is 34.4 Å². The molecule has 1 N–H and O–H groups in total. The van der Waals surface area contributed by atoms with Crippen LogP contribution in [0.2, 0.25) is 0 Å². The molecule has 1 aromatic heterocycles. The molecule has 0 bridgehead atoms. The van der Waals surface area contributed by atoms with E-state index in [0.29, 0.717) is 16.9 Å². The number of benzene rings is 3. The highest BCUT2D eigenvalue weighted by molar-refractivity contribution is 5.96. The van der Waals surface area contributed by atoms with Gasteiger partial charge in [0.25, 0.3) is 5.91 Å². The molecule has 0 saturated carbocycles. The summed E-state index contributed by atoms with van der Waals surface area (Å²) in [5.74, 6) is -0.231. The highest BCUT2D eigenvalue weighted by Crippen LogP contribution is 2.37. The second kappa shape index (κ2) is 9.54. The van der Waals surface area contributed by atoms with Gasteiger partial charge in [0.1, 0.15) is 0 Å². The van der Waals surface area contributed by atoms with E-state index in [4.69, 9.17) is 9.47 Å². The summed E-state index contributed by atoms with van der Waals surface area (Å²) in [7, 11) is 2.85. The monoisotopic (exact) mass is 456 g/mol. The normalized spacial score (nSPS) is 11.0. The van der Waals surface area contributed by atoms with Gasteiger partial charge in [-0.05, 0) is 42.8 Å². The van der Waals surface area contributed by atoms with Gasteiger partial charge in [-0.3, -0.25) is 9.36 Å². The minimum atomic E-state index is -0.513. The number of para-hydroxylation sites is 1. The number of imidazole rings is 1. The van der Waals surface area contributed by atoms with Crippen LogP contribution in [0.4, 0.5) is 0 Å². The first-order chi connectivity index (χ1) is 16.4. The highest BCUT2D eigenvalue weighted by atomic mass is 16.5. The molecule has 0 atom stereocenters. The van der Waals surface area contributed by atoms with Crippen molar-refractivity contribution >= 4 is 12.0 Å². The van der Waals surface area contributed by atoms with Gasteiger partial charge in [0.15, 0.2) is 11.5 Å². The maximum absolute atomic E-state index is 13.3. The van der Waals surface area contributed by atoms with E-state index in [2.05, 4.69) is 0 Å². The van der Waals surface area contributed by atoms with Gasteiger partial charge in [-0.15, -0.1) is 0 Å². The third kappa shape index (κ3) is 4.36. The van der Waals surface area contributed by atoms with Crippen LogP contribution in [0, 0.1) is 6.92 Å². The number of carbonyl (C=O) groups excluding carboxylic acids is 1. The third-order valence-corrected chi connectivity index (χ3v) is 5.41. The number of rotatable bonds is 6. The standard InChI is InChI=1S/C27H24N2O5/c1-18-9-12-20(13-10-18)22-17-28(21-7-5-4-6-8-21)27(32)29(22)25(30)14-11-19-15-23(33-2)26(31)24(16-19)34-3/h4-17,31H,1-3H3/b14-11+. The molecule has 4 rings (SSSR count). The van der Waals surface area contributed by atoms with Crippen LogP contribution in [0.1, 0.15) is 15.9 Å². The summed E-state index contributed by atoms with van der Waals surface area (Å²) in [4.78, 5) is 26.6. The molecule has 3 aromatic carbocycles. The Labute approximate surface area is 196 Å². The maximum Gasteiger partial charge on any atom is 0.340 e. The van der Waals surface area contributed by atoms with E-state index in [1.807, 2.05) is 49.4 Å². The number of nitrogens with zero attached hydrogens (tertiary/aromatic N) is 2. The predicted octanol–water partition coefficient (Wildman–Crippen LogP) is 4.69. The zero-order valence-electron chi connectivity index (χ0n) is 19.1. The van der Waals surface area contributed by atoms with E-state index in [9.17, 15) is 14.7 Å². The van der Waals surface area contributed by atoms with Crippen LogP contribution in [0.15, 0.2) is 83.8 Å². The summed E-state index contributed by atoms with van der Waals surface area (Å²) in [6.07, 6.45) is 4.51. The van der Waals surface area contributed by atoms with Crippen molar-refractivity contribution in [2.75, 3.05) is 14.2 Å². The topological polar surface area (TPSA) is 82.7 Å². The number of phenolic OH excluding ortho intramolecular Hbond substituents is 1. The third-order valence-electron chi connectivity index (χ3n) is 5.41. The number of carbonyl (C=O) groups is 1. The van der Waals surface area contributed by atoms with Crippen molar-refractivity contribution in [3.63, 3.8) is 0 Å². The van der Waals surface area contributed by atoms with Crippen molar-refractivity contribution < 1.29 is 19.4 Å². The molecule has 172 valence electrons. The summed E-state index contributed by atoms with van der Waals surface area (Å²) in [6.45, 7) is 1.97. The van der Waals surface area contributed by atoms with Crippen LogP contribution in [0.25, 0.3) is 23.0 Å². The number of aromatic hydroxyl groups is 1. The second-order valence-corrected chi connectivity index (χ2v) is 7.65. The lowest BCUT2D eigenvalue weighted by molar-refractivity contribution is 0.0967. The smallest absolute Gasteiger partial charge is 0.340 e. The largest absolute Gasteiger partial charge is 0.502 e. The fourth-order valence-corrected chi connectivity index (χ4v) is 3.61. The maximum atomic E-state index is 13.3. The van der Waals surface area contributed by atoms with Gasteiger partial charge < -0.3 is 14.6 Å². The molecular formula is C27H24N2O5. The van der Waals surface area contributed by atoms with E-state index < -0.39 is 11.6 Å². The van der Waals surface area contributed by atoms with E-state index in [1.54, 1.807) is 30.5 Å². The van der Waals surface area contributed by atoms with Gasteiger partial charge in [0.2, 0.25) is 5.75 Å². The van der Waals surface area contributed by atoms with Crippen molar-refractivity contribution in [3.8, 4) is 34.2 Å². The molecule has 1 heterocycles. The molecule has 0 amide bonds. The predicted molar refractivity (Wildman–Crippen MR) is 131 cm³/mol. The fraction of sp³-hybridized carbons (Fsp3) is 0.111. The van der Waals surface area contributed by atoms with Gasteiger partial charge in [0, 0.05) is 17.8 Å². The van der Waals surface area contributed by atoms with Crippen molar-refractivity contribution in [1.82, 2.24) is 9.13 Å². The number of ether oxygens (including phenoxy) is 2. The summed E-state index contributed by atoms with van der Waals surface area (Å²) in [5, 5.41) is 10.1. The Kier molecular flexibility index (Phi) is 6.36. The van der Waals surface area contributed by atoms with Crippen molar-refractivity contribution in [2.24, 2.45) is 0 Å². The molecule has 0 aliphatic heterocycles. The SMILES string of the molecule is COc1cc(/C=C/C(=O)n2c(-c3ccc(C)cc3)cn(-c3ccccc3)c2=O)cc(OC)c1O. The minimum absolute atomic E-state index is 0.133. The average molecular weight is 456 g/mol. The molecule has 7 heteroatoms. The molecule has 0 spiro atoms. The molecular weight excluding hydrogens is 432 g/mol. The number of phenols is 1. The number of methoxy groups -OCH3 is 2. The Morgan fingerprint density at radius 3 is 2.15 bits per heavy atom. The Balaban J connectivity index is 1.80. The first-order valence-corrected chi connectivity index (χ1v) is 10.6. The zero-order chi connectivity index (χ0) is 24.2. The van der Waals surface area contributed by atoms with Crippen LogP contribution in [-0.2, 0) is 0 Å². The minimum Gasteiger partial charge on any atom is -0.502 e. The lowest BCUT2D eigenvalue weighted by Gasteiger charge is -2.09. The number of aryl methyl sites for hydroxylation is 1. The number of hydrogen-bond donors (Lipinski definition) is 1. The summed E-state index contributed by atoms with van der Waals surface area (Å²) >= 11 is 0. The summed E-state index contributed by atoms with van der Waals surface area (Å²) in [5.41, 5.74) is 3.03. The highest BCUT2D eigenvalue weighted by Gasteiger charge is 2.18. The molecule has 7 nitrogen and oxygen atoms in total. The Hall–Kier alpha value is -4.52. The molecule has 0 fully saturated rings. The molecule has 0 aliphatic rings. The van der Waals surface area contributed by atoms with Crippen molar-refractivity contribution in [2.45, 2.75) is 6.92 Å². The van der Waals surface area contributed by atoms with Gasteiger partial charge in [-0.2, -0.15) is 0 Å². The molecule has 0 saturated heterocycles. The van der Waals surface area contributed by atoms with Gasteiger partial charge >= 0.3 is 5.69 Å². The van der Waals surface area contributed by atoms with Gasteiger partial charge in [-0.25, -0.2) is 9.36 Å². The molecule has 0 unspecified atom stereocenters. The van der Waals surface area contributed by atoms with E-state index in [0.717, 1.165) is 15.7 Å². The first-order valence-electron chi connectivity index (χ1n) is 10.6. The van der Waals surface area contributed by atoms with Crippen LogP contribution in [0.3, 0.4) is 0 Å². The van der Waals surface area contributed by atoms with Crippen molar-refractivity contribution in [3.05, 3.63) is 101 Å². The van der Waals surface area contributed by atoms with Crippen LogP contribution in [0.5, 0.6) is 17.2 Å². The van der Waals surface area contributed by atoms with Crippen LogP contribution >= 0.6 is 0 Å². The Morgan fingerprint density at radius 2 is 1.56 bits per heavy atom. The van der Waals surface area contributed by atoms with E-state index in [1.165, 1.54) is 30.9 Å². The van der Waals surface area contributed by atoms with Gasteiger partial charge in [-0.1, -0.05) is 48.0 Å². The molecule has 0 aliphatic carbocycles. The quantitative estimate of drug-likeness (QED) is 0.426. The van der Waals surface area contributed by atoms with Crippen LogP contribution < -0.4 is 15.2 Å². The Morgan fingerprint density at radius 1 is 0.941 bits per heavy atom. The molecule has 0 radical (unpaired) electrons. The molecule has 4 aromatic rings. The zero-order valence-corrected chi connectivity index (χ0v) is 19.1. The lowest BCUT2D eigenvalue weighted by atomic mass is 10.1. The molecule has 34 heavy (non-hydrogen) atoms. The first kappa shape index (κ1) is 22.7. The fourth-order valence-electron chi connectivity index (χ4n) is 3.61. The van der Waals surface area contributed by atoms with E-state index in [-0.39, 0.29) is 17.2 Å². The van der Waals surface area contributed by atoms with Gasteiger partial charge in [0.05, 0.1) is 25.6 Å². The summed E-state index contributed by atoms with van der Waals surface area (Å²) < 4.78 is 12.9. The Bertz CT molecular complexity index is 1390. The van der Waals surface area contributed by atoms with Crippen molar-refractivity contribution in [1.29, 1.82) is 0 Å².